The third-order valence-corrected chi connectivity index (χ3v) is 3.55. The summed E-state index contributed by atoms with van der Waals surface area (Å²) in [6, 6.07) is 14.3. The Morgan fingerprint density at radius 2 is 1.48 bits per heavy atom. The van der Waals surface area contributed by atoms with Gasteiger partial charge in [-0.1, -0.05) is 26.0 Å². The Hall–Kier alpha value is -2.66. The highest BCUT2D eigenvalue weighted by Gasteiger charge is 2.08. The zero-order chi connectivity index (χ0) is 18.2. The number of anilines is 2. The summed E-state index contributed by atoms with van der Waals surface area (Å²) >= 11 is 0. The molecule has 25 heavy (non-hydrogen) atoms. The molecule has 0 fully saturated rings. The van der Waals surface area contributed by atoms with Gasteiger partial charge in [0.05, 0.1) is 6.61 Å². The van der Waals surface area contributed by atoms with Gasteiger partial charge < -0.3 is 15.4 Å². The summed E-state index contributed by atoms with van der Waals surface area (Å²) in [6.07, 6.45) is 0.484. The number of ether oxygens (including phenoxy) is 1. The zero-order valence-electron chi connectivity index (χ0n) is 14.8. The largest absolute Gasteiger partial charge is 0.380 e. The molecule has 5 heteroatoms. The number of benzene rings is 2. The Balaban J connectivity index is 1.93. The van der Waals surface area contributed by atoms with Crippen molar-refractivity contribution in [1.29, 1.82) is 0 Å². The van der Waals surface area contributed by atoms with Crippen LogP contribution < -0.4 is 10.6 Å². The second-order valence-electron chi connectivity index (χ2n) is 6.31. The Morgan fingerprint density at radius 3 is 2.00 bits per heavy atom. The van der Waals surface area contributed by atoms with Gasteiger partial charge in [0.25, 0.3) is 5.91 Å². The maximum Gasteiger partial charge on any atom is 0.255 e. The molecule has 0 heterocycles. The molecular weight excluding hydrogens is 316 g/mol. The van der Waals surface area contributed by atoms with Gasteiger partial charge in [0.15, 0.2) is 0 Å². The van der Waals surface area contributed by atoms with Crippen LogP contribution in [0.15, 0.2) is 48.5 Å². The monoisotopic (exact) mass is 340 g/mol. The van der Waals surface area contributed by atoms with Crippen LogP contribution in [0.5, 0.6) is 0 Å². The van der Waals surface area contributed by atoms with Crippen molar-refractivity contribution in [3.05, 3.63) is 59.7 Å². The predicted octanol–water partition coefficient (Wildman–Crippen LogP) is 4.07. The van der Waals surface area contributed by atoms with Gasteiger partial charge >= 0.3 is 0 Å². The second kappa shape index (κ2) is 8.99. The van der Waals surface area contributed by atoms with Crippen LogP contribution >= 0.6 is 0 Å². The maximum absolute atomic E-state index is 12.3. The minimum Gasteiger partial charge on any atom is -0.380 e. The molecule has 0 aliphatic heterocycles. The number of amides is 2. The highest BCUT2D eigenvalue weighted by molar-refractivity contribution is 6.04. The van der Waals surface area contributed by atoms with Crippen LogP contribution in [0.3, 0.4) is 0 Å². The average Bonchev–Trinajstić information content (AvgIpc) is 2.57. The molecule has 0 spiro atoms. The van der Waals surface area contributed by atoms with E-state index >= 15 is 0 Å². The first-order valence-electron chi connectivity index (χ1n) is 8.27. The first-order valence-corrected chi connectivity index (χ1v) is 8.27. The lowest BCUT2D eigenvalue weighted by Gasteiger charge is -2.09. The molecule has 0 bridgehead atoms. The van der Waals surface area contributed by atoms with Crippen molar-refractivity contribution in [2.75, 3.05) is 17.7 Å². The Bertz CT molecular complexity index is 707. The number of carbonyl (C=O) groups is 2. The van der Waals surface area contributed by atoms with Gasteiger partial charge in [-0.2, -0.15) is 0 Å². The predicted molar refractivity (Wildman–Crippen MR) is 99.6 cm³/mol. The van der Waals surface area contributed by atoms with Crippen LogP contribution in [-0.4, -0.2) is 18.9 Å². The van der Waals surface area contributed by atoms with Gasteiger partial charge in [-0.25, -0.2) is 0 Å². The molecule has 0 aliphatic carbocycles. The van der Waals surface area contributed by atoms with E-state index in [2.05, 4.69) is 10.6 Å². The number of nitrogens with one attached hydrogen (secondary N) is 2. The van der Waals surface area contributed by atoms with Crippen LogP contribution in [0.25, 0.3) is 0 Å². The average molecular weight is 340 g/mol. The highest BCUT2D eigenvalue weighted by Crippen LogP contribution is 2.16. The van der Waals surface area contributed by atoms with Crippen molar-refractivity contribution in [2.24, 2.45) is 5.92 Å². The van der Waals surface area contributed by atoms with Gasteiger partial charge in [-0.15, -0.1) is 0 Å². The number of methoxy groups -OCH3 is 1. The summed E-state index contributed by atoms with van der Waals surface area (Å²) in [5, 5.41) is 5.68. The van der Waals surface area contributed by atoms with Crippen molar-refractivity contribution < 1.29 is 14.3 Å². The zero-order valence-corrected chi connectivity index (χ0v) is 14.8. The summed E-state index contributed by atoms with van der Waals surface area (Å²) in [5.41, 5.74) is 2.98. The van der Waals surface area contributed by atoms with E-state index < -0.39 is 0 Å². The lowest BCUT2D eigenvalue weighted by atomic mass is 10.1. The number of carbonyl (C=O) groups excluding carboxylic acids is 2. The SMILES string of the molecule is COCc1ccc(C(=O)Nc2ccc(NC(=O)CC(C)C)cc2)cc1. The molecule has 2 rings (SSSR count). The molecule has 0 saturated carbocycles. The first-order chi connectivity index (χ1) is 12.0. The Morgan fingerprint density at radius 1 is 0.920 bits per heavy atom. The molecule has 0 atom stereocenters. The summed E-state index contributed by atoms with van der Waals surface area (Å²) in [5.74, 6) is 0.123. The number of rotatable bonds is 7. The third kappa shape index (κ3) is 6.04. The van der Waals surface area contributed by atoms with E-state index in [4.69, 9.17) is 4.74 Å². The highest BCUT2D eigenvalue weighted by atomic mass is 16.5. The first kappa shape index (κ1) is 18.7. The van der Waals surface area contributed by atoms with Gasteiger partial charge in [0.2, 0.25) is 5.91 Å². The summed E-state index contributed by atoms with van der Waals surface area (Å²) in [4.78, 5) is 24.0. The molecular formula is C20H24N2O3. The molecule has 2 amide bonds. The summed E-state index contributed by atoms with van der Waals surface area (Å²) < 4.78 is 5.05. The second-order valence-corrected chi connectivity index (χ2v) is 6.31. The lowest BCUT2D eigenvalue weighted by Crippen LogP contribution is -2.14. The molecule has 132 valence electrons. The van der Waals surface area contributed by atoms with E-state index in [1.807, 2.05) is 26.0 Å². The van der Waals surface area contributed by atoms with E-state index in [0.717, 1.165) is 5.56 Å². The van der Waals surface area contributed by atoms with E-state index in [-0.39, 0.29) is 11.8 Å². The molecule has 2 N–H and O–H groups in total. The number of hydrogen-bond acceptors (Lipinski definition) is 3. The Kier molecular flexibility index (Phi) is 6.71. The van der Waals surface area contributed by atoms with Crippen LogP contribution in [0.4, 0.5) is 11.4 Å². The standard InChI is InChI=1S/C20H24N2O3/c1-14(2)12-19(23)21-17-8-10-18(11-9-17)22-20(24)16-6-4-15(5-7-16)13-25-3/h4-11,14H,12-13H2,1-3H3,(H,21,23)(H,22,24). The van der Waals surface area contributed by atoms with Crippen molar-refractivity contribution in [2.45, 2.75) is 26.9 Å². The summed E-state index contributed by atoms with van der Waals surface area (Å²) in [6.45, 7) is 4.52. The van der Waals surface area contributed by atoms with Gasteiger partial charge in [-0.3, -0.25) is 9.59 Å². The maximum atomic E-state index is 12.3. The van der Waals surface area contributed by atoms with Crippen molar-refractivity contribution in [1.82, 2.24) is 0 Å². The molecule has 0 unspecified atom stereocenters. The van der Waals surface area contributed by atoms with Crippen LogP contribution in [-0.2, 0) is 16.1 Å². The molecule has 2 aromatic carbocycles. The van der Waals surface area contributed by atoms with Gasteiger partial charge in [-0.05, 0) is 47.9 Å². The normalized spacial score (nSPS) is 10.6. The van der Waals surface area contributed by atoms with E-state index in [1.54, 1.807) is 43.5 Å². The van der Waals surface area contributed by atoms with Crippen molar-refractivity contribution in [3.8, 4) is 0 Å². The van der Waals surface area contributed by atoms with Gasteiger partial charge in [0.1, 0.15) is 0 Å². The fourth-order valence-electron chi connectivity index (χ4n) is 2.34. The van der Waals surface area contributed by atoms with Gasteiger partial charge in [0, 0.05) is 30.5 Å². The number of hydrogen-bond donors (Lipinski definition) is 2. The van der Waals surface area contributed by atoms with E-state index in [1.165, 1.54) is 0 Å². The summed E-state index contributed by atoms with van der Waals surface area (Å²) in [7, 11) is 1.63. The van der Waals surface area contributed by atoms with Crippen LogP contribution in [0.2, 0.25) is 0 Å². The fourth-order valence-corrected chi connectivity index (χ4v) is 2.34. The lowest BCUT2D eigenvalue weighted by molar-refractivity contribution is -0.116. The topological polar surface area (TPSA) is 67.4 Å². The molecule has 0 aromatic heterocycles. The van der Waals surface area contributed by atoms with Crippen molar-refractivity contribution in [3.63, 3.8) is 0 Å². The van der Waals surface area contributed by atoms with E-state index in [9.17, 15) is 9.59 Å². The molecule has 0 saturated heterocycles. The quantitative estimate of drug-likeness (QED) is 0.798. The molecule has 5 nitrogen and oxygen atoms in total. The molecule has 0 aliphatic rings. The van der Waals surface area contributed by atoms with E-state index in [0.29, 0.717) is 35.9 Å². The van der Waals surface area contributed by atoms with Crippen LogP contribution in [0.1, 0.15) is 36.2 Å². The third-order valence-electron chi connectivity index (χ3n) is 3.55. The van der Waals surface area contributed by atoms with Crippen LogP contribution in [0, 0.1) is 5.92 Å². The minimum atomic E-state index is -0.180. The van der Waals surface area contributed by atoms with Crippen molar-refractivity contribution >= 4 is 23.2 Å². The fraction of sp³-hybridized carbons (Fsp3) is 0.300. The molecule has 2 aromatic rings. The smallest absolute Gasteiger partial charge is 0.255 e. The molecule has 0 radical (unpaired) electrons. The minimum absolute atomic E-state index is 0.0112. The Labute approximate surface area is 148 Å².